The summed E-state index contributed by atoms with van der Waals surface area (Å²) >= 11 is 4.89. The lowest BCUT2D eigenvalue weighted by Gasteiger charge is -1.34. The van der Waals surface area contributed by atoms with Crippen molar-refractivity contribution in [3.8, 4) is 0 Å². The van der Waals surface area contributed by atoms with E-state index in [-0.39, 0.29) is 1.43 Å². The van der Waals surface area contributed by atoms with E-state index in [0.717, 1.165) is 0 Å². The van der Waals surface area contributed by atoms with E-state index in [2.05, 4.69) is 12.3 Å². The predicted octanol–water partition coefficient (Wildman–Crippen LogP) is 1.64. The third kappa shape index (κ3) is 1.81. The van der Waals surface area contributed by atoms with Crippen molar-refractivity contribution in [3.63, 3.8) is 0 Å². The summed E-state index contributed by atoms with van der Waals surface area (Å²) in [5, 5.41) is 0. The lowest BCUT2D eigenvalue weighted by molar-refractivity contribution is 2.43. The quantitative estimate of drug-likeness (QED) is 0.384. The highest BCUT2D eigenvalue weighted by Gasteiger charge is 1.28. The summed E-state index contributed by atoms with van der Waals surface area (Å²) in [4.78, 5) is 0. The summed E-state index contributed by atoms with van der Waals surface area (Å²) in [6, 6.07) is 0. The Kier molecular flexibility index (Phi) is 2.68. The van der Waals surface area contributed by atoms with Gasteiger partial charge in [0.25, 0.3) is 0 Å². The van der Waals surface area contributed by atoms with Gasteiger partial charge >= 0.3 is 1.43 Å². The van der Waals surface area contributed by atoms with Crippen LogP contribution in [0.4, 0.5) is 0 Å². The second-order valence-corrected chi connectivity index (χ2v) is 0.531. The monoisotopic (exact) mass is 75.0 g/mol. The maximum Gasteiger partial charge on any atom is 1.00 e. The van der Waals surface area contributed by atoms with Gasteiger partial charge in [0.15, 0.2) is 0 Å². The van der Waals surface area contributed by atoms with Crippen molar-refractivity contribution in [3.05, 3.63) is 17.8 Å². The van der Waals surface area contributed by atoms with Crippen LogP contribution in [-0.2, 0) is 0 Å². The molecule has 0 heterocycles. The molecular formula is C3H4Cl+. The summed E-state index contributed by atoms with van der Waals surface area (Å²) in [6.07, 6.45) is 0. The van der Waals surface area contributed by atoms with Crippen molar-refractivity contribution in [2.45, 2.75) is 0 Å². The van der Waals surface area contributed by atoms with E-state index in [1.165, 1.54) is 5.54 Å². The highest BCUT2D eigenvalue weighted by molar-refractivity contribution is 6.25. The molecule has 0 bridgehead atoms. The third-order valence-electron chi connectivity index (χ3n) is 0.0772. The van der Waals surface area contributed by atoms with Crippen molar-refractivity contribution in [1.29, 1.82) is 0 Å². The Morgan fingerprint density at radius 1 is 2.25 bits per heavy atom. The van der Waals surface area contributed by atoms with Gasteiger partial charge in [0.2, 0.25) is 0 Å². The first-order chi connectivity index (χ1) is 1.91. The van der Waals surface area contributed by atoms with Crippen molar-refractivity contribution < 1.29 is 1.43 Å². The number of halogens is 1. The summed E-state index contributed by atoms with van der Waals surface area (Å²) in [7, 11) is 0. The molecule has 0 aromatic carbocycles. The van der Waals surface area contributed by atoms with Crippen LogP contribution in [0, 0.1) is 0 Å². The zero-order valence-corrected chi connectivity index (χ0v) is 2.92. The Balaban J connectivity index is 0. The fourth-order valence-electron chi connectivity index (χ4n) is 0. The SMILES string of the molecule is C=C=CCl.[H+]. The fraction of sp³-hybridized carbons (Fsp3) is 0. The van der Waals surface area contributed by atoms with E-state index in [9.17, 15) is 0 Å². The van der Waals surface area contributed by atoms with Crippen molar-refractivity contribution in [2.24, 2.45) is 0 Å². The van der Waals surface area contributed by atoms with Crippen LogP contribution in [-0.4, -0.2) is 0 Å². The molecule has 0 aromatic heterocycles. The molecule has 1 heteroatoms. The highest BCUT2D eigenvalue weighted by atomic mass is 35.5. The van der Waals surface area contributed by atoms with Crippen LogP contribution in [0.3, 0.4) is 0 Å². The van der Waals surface area contributed by atoms with Crippen LogP contribution in [0.5, 0.6) is 0 Å². The van der Waals surface area contributed by atoms with Crippen LogP contribution in [0.1, 0.15) is 1.43 Å². The van der Waals surface area contributed by atoms with E-state index >= 15 is 0 Å². The van der Waals surface area contributed by atoms with Crippen molar-refractivity contribution >= 4 is 11.6 Å². The van der Waals surface area contributed by atoms with Gasteiger partial charge in [0, 0.05) is 5.54 Å². The molecule has 0 atom stereocenters. The summed E-state index contributed by atoms with van der Waals surface area (Å²) in [5.74, 6) is 0. The third-order valence-corrected chi connectivity index (χ3v) is 0.231. The maximum atomic E-state index is 4.89. The molecular weight excluding hydrogens is 71.5 g/mol. The summed E-state index contributed by atoms with van der Waals surface area (Å²) in [6.45, 7) is 3.17. The lowest BCUT2D eigenvalue weighted by Crippen LogP contribution is -1.05. The Morgan fingerprint density at radius 3 is 2.50 bits per heavy atom. The van der Waals surface area contributed by atoms with Gasteiger partial charge in [-0.3, -0.25) is 0 Å². The molecule has 0 spiro atoms. The number of rotatable bonds is 0. The lowest BCUT2D eigenvalue weighted by atomic mass is 11.0. The van der Waals surface area contributed by atoms with Gasteiger partial charge in [0.05, 0.1) is 0 Å². The summed E-state index contributed by atoms with van der Waals surface area (Å²) < 4.78 is 0. The average molecular weight is 75.5 g/mol. The molecule has 0 radical (unpaired) electrons. The molecule has 0 saturated carbocycles. The molecule has 0 N–H and O–H groups in total. The summed E-state index contributed by atoms with van der Waals surface area (Å²) in [5.41, 5.74) is 3.56. The molecule has 0 aliphatic rings. The Bertz CT molecular complexity index is 44.9. The minimum Gasteiger partial charge on any atom is -0.116 e. The molecule has 0 aromatic rings. The zero-order chi connectivity index (χ0) is 3.41. The second kappa shape index (κ2) is 2.81. The minimum atomic E-state index is 0. The van der Waals surface area contributed by atoms with Crippen LogP contribution < -0.4 is 0 Å². The molecule has 0 saturated heterocycles. The molecule has 0 aliphatic heterocycles. The first kappa shape index (κ1) is 3.81. The topological polar surface area (TPSA) is 0 Å². The maximum absolute atomic E-state index is 4.89. The van der Waals surface area contributed by atoms with E-state index in [1.807, 2.05) is 0 Å². The smallest absolute Gasteiger partial charge is 0.116 e. The van der Waals surface area contributed by atoms with Gasteiger partial charge < -0.3 is 0 Å². The van der Waals surface area contributed by atoms with E-state index in [4.69, 9.17) is 11.6 Å². The first-order valence-corrected chi connectivity index (χ1v) is 1.30. The Hall–Kier alpha value is -0.190. The first-order valence-electron chi connectivity index (χ1n) is 0.860. The largest absolute Gasteiger partial charge is 1.00 e. The highest BCUT2D eigenvalue weighted by Crippen LogP contribution is 1.64. The number of hydrogen-bond acceptors (Lipinski definition) is 0. The van der Waals surface area contributed by atoms with Crippen molar-refractivity contribution in [2.75, 3.05) is 0 Å². The molecule has 0 nitrogen and oxygen atoms in total. The molecule has 0 rings (SSSR count). The van der Waals surface area contributed by atoms with Crippen LogP contribution in [0.2, 0.25) is 0 Å². The zero-order valence-electron chi connectivity index (χ0n) is 3.16. The normalized spacial score (nSPS) is 4.25. The van der Waals surface area contributed by atoms with Gasteiger partial charge in [-0.05, 0) is 0 Å². The van der Waals surface area contributed by atoms with Crippen LogP contribution in [0.25, 0.3) is 0 Å². The van der Waals surface area contributed by atoms with Gasteiger partial charge in [0.1, 0.15) is 0 Å². The Labute approximate surface area is 31.9 Å². The molecule has 0 fully saturated rings. The van der Waals surface area contributed by atoms with Gasteiger partial charge in [-0.25, -0.2) is 0 Å². The predicted molar refractivity (Wildman–Crippen MR) is 20.7 cm³/mol. The molecule has 0 amide bonds. The van der Waals surface area contributed by atoms with Crippen molar-refractivity contribution in [1.82, 2.24) is 0 Å². The second-order valence-electron chi connectivity index (χ2n) is 0.313. The standard InChI is InChI=1S/C3H3Cl/c1-2-3-4/h3H,1H2/p+1. The molecule has 22 valence electrons. The van der Waals surface area contributed by atoms with Crippen LogP contribution >= 0.6 is 11.6 Å². The fourth-order valence-corrected chi connectivity index (χ4v) is 0. The number of hydrogen-bond donors (Lipinski definition) is 0. The molecule has 4 heavy (non-hydrogen) atoms. The van der Waals surface area contributed by atoms with E-state index in [0.29, 0.717) is 0 Å². The van der Waals surface area contributed by atoms with Gasteiger partial charge in [-0.2, -0.15) is 0 Å². The average Bonchev–Trinajstić information content (AvgIpc) is 1.37. The Morgan fingerprint density at radius 2 is 2.50 bits per heavy atom. The van der Waals surface area contributed by atoms with Gasteiger partial charge in [-0.1, -0.05) is 18.2 Å². The van der Waals surface area contributed by atoms with Gasteiger partial charge in [-0.15, -0.1) is 5.73 Å². The van der Waals surface area contributed by atoms with E-state index < -0.39 is 0 Å². The van der Waals surface area contributed by atoms with Crippen LogP contribution in [0.15, 0.2) is 17.8 Å². The minimum absolute atomic E-state index is 0. The van der Waals surface area contributed by atoms with E-state index in [1.54, 1.807) is 0 Å². The molecule has 0 aliphatic carbocycles. The molecule has 0 unspecified atom stereocenters.